The lowest BCUT2D eigenvalue weighted by molar-refractivity contribution is 0.104. The zero-order valence-corrected chi connectivity index (χ0v) is 18.4. The van der Waals surface area contributed by atoms with Crippen LogP contribution in [0.3, 0.4) is 0 Å². The summed E-state index contributed by atoms with van der Waals surface area (Å²) in [6.07, 6.45) is 1.20. The summed E-state index contributed by atoms with van der Waals surface area (Å²) in [5.41, 5.74) is 2.41. The summed E-state index contributed by atoms with van der Waals surface area (Å²) in [6.45, 7) is 1.87. The number of allylic oxidation sites excluding steroid dienone is 1. The van der Waals surface area contributed by atoms with Crippen molar-refractivity contribution in [3.63, 3.8) is 0 Å². The molecule has 160 valence electrons. The number of benzene rings is 2. The highest BCUT2D eigenvalue weighted by molar-refractivity contribution is 7.97. The molecule has 9 heteroatoms. The molecule has 1 aromatic heterocycles. The van der Waals surface area contributed by atoms with Crippen molar-refractivity contribution < 1.29 is 22.3 Å². The molecule has 0 saturated carbocycles. The number of hydrogen-bond acceptors (Lipinski definition) is 6. The van der Waals surface area contributed by atoms with E-state index in [2.05, 4.69) is 5.32 Å². The molecule has 0 amide bonds. The number of hydrogen-bond donors (Lipinski definition) is 1. The summed E-state index contributed by atoms with van der Waals surface area (Å²) < 4.78 is 46.5. The number of rotatable bonds is 5. The average molecular weight is 459 g/mol. The second kappa shape index (κ2) is 8.16. The SMILES string of the molecule is COc1ccc(C)cc1NC=C1C(=O)c2sccc2N(Cc2ccc(F)cc2)S1(=O)=O. The van der Waals surface area contributed by atoms with Crippen LogP contribution in [0.2, 0.25) is 0 Å². The number of ketones is 1. The molecule has 0 atom stereocenters. The standard InChI is InChI=1S/C22H19FN2O4S2/c1-14-3-8-19(29-2)17(11-14)24-12-20-21(26)22-18(9-10-30-22)25(31(20,27)28)13-15-4-6-16(23)7-5-15/h3-12,24H,13H2,1-2H3. The third-order valence-corrected chi connectivity index (χ3v) is 7.53. The fourth-order valence-corrected chi connectivity index (χ4v) is 5.77. The summed E-state index contributed by atoms with van der Waals surface area (Å²) in [6, 6.07) is 12.6. The Labute approximate surface area is 183 Å². The highest BCUT2D eigenvalue weighted by atomic mass is 32.2. The van der Waals surface area contributed by atoms with Crippen molar-refractivity contribution >= 4 is 38.5 Å². The molecule has 0 spiro atoms. The monoisotopic (exact) mass is 458 g/mol. The minimum Gasteiger partial charge on any atom is -0.495 e. The van der Waals surface area contributed by atoms with Gasteiger partial charge in [-0.3, -0.25) is 9.10 Å². The second-order valence-electron chi connectivity index (χ2n) is 6.96. The number of carbonyl (C=O) groups excluding carboxylic acids is 1. The van der Waals surface area contributed by atoms with E-state index < -0.39 is 21.6 Å². The summed E-state index contributed by atoms with van der Waals surface area (Å²) in [5, 5.41) is 4.59. The van der Waals surface area contributed by atoms with Gasteiger partial charge in [-0.05, 0) is 53.8 Å². The number of carbonyl (C=O) groups is 1. The van der Waals surface area contributed by atoms with Crippen molar-refractivity contribution in [2.24, 2.45) is 0 Å². The molecule has 1 aliphatic heterocycles. The number of anilines is 2. The van der Waals surface area contributed by atoms with Crippen LogP contribution in [0.1, 0.15) is 20.8 Å². The first-order chi connectivity index (χ1) is 14.8. The van der Waals surface area contributed by atoms with Crippen LogP contribution in [-0.2, 0) is 16.6 Å². The van der Waals surface area contributed by atoms with Crippen molar-refractivity contribution in [1.29, 1.82) is 0 Å². The first-order valence-corrected chi connectivity index (χ1v) is 11.6. The van der Waals surface area contributed by atoms with Gasteiger partial charge in [0.2, 0.25) is 5.78 Å². The van der Waals surface area contributed by atoms with E-state index in [1.54, 1.807) is 23.6 Å². The van der Waals surface area contributed by atoms with E-state index in [0.29, 0.717) is 27.6 Å². The number of halogens is 1. The van der Waals surface area contributed by atoms with Crippen LogP contribution < -0.4 is 14.4 Å². The van der Waals surface area contributed by atoms with Crippen LogP contribution in [0.4, 0.5) is 15.8 Å². The van der Waals surface area contributed by atoms with Gasteiger partial charge >= 0.3 is 0 Å². The van der Waals surface area contributed by atoms with Gasteiger partial charge in [-0.25, -0.2) is 12.8 Å². The van der Waals surface area contributed by atoms with Gasteiger partial charge in [0.15, 0.2) is 4.91 Å². The Hall–Kier alpha value is -3.17. The minimum atomic E-state index is -4.15. The third kappa shape index (κ3) is 3.94. The maximum atomic E-state index is 13.4. The molecule has 31 heavy (non-hydrogen) atoms. The average Bonchev–Trinajstić information content (AvgIpc) is 3.22. The van der Waals surface area contributed by atoms with E-state index in [0.717, 1.165) is 5.56 Å². The molecule has 2 heterocycles. The molecule has 0 bridgehead atoms. The van der Waals surface area contributed by atoms with Gasteiger partial charge in [0.05, 0.1) is 25.0 Å². The maximum Gasteiger partial charge on any atom is 0.270 e. The summed E-state index contributed by atoms with van der Waals surface area (Å²) in [5.74, 6) is -0.462. The van der Waals surface area contributed by atoms with E-state index in [4.69, 9.17) is 4.74 Å². The number of aryl methyl sites for hydroxylation is 1. The first-order valence-electron chi connectivity index (χ1n) is 9.32. The number of methoxy groups -OCH3 is 1. The molecule has 1 N–H and O–H groups in total. The van der Waals surface area contributed by atoms with Gasteiger partial charge in [-0.15, -0.1) is 11.3 Å². The quantitative estimate of drug-likeness (QED) is 0.562. The zero-order chi connectivity index (χ0) is 22.2. The number of nitrogens with zero attached hydrogens (tertiary/aromatic N) is 1. The Bertz CT molecular complexity index is 1280. The Morgan fingerprint density at radius 2 is 1.90 bits per heavy atom. The fraction of sp³-hybridized carbons (Fsp3) is 0.136. The lowest BCUT2D eigenvalue weighted by atomic mass is 10.2. The first kappa shape index (κ1) is 21.1. The number of ether oxygens (including phenoxy) is 1. The van der Waals surface area contributed by atoms with Gasteiger partial charge in [0.25, 0.3) is 10.0 Å². The molecule has 3 aromatic rings. The predicted molar refractivity (Wildman–Crippen MR) is 120 cm³/mol. The number of nitrogens with one attached hydrogen (secondary N) is 1. The lowest BCUT2D eigenvalue weighted by Crippen LogP contribution is -2.38. The van der Waals surface area contributed by atoms with Crippen LogP contribution in [-0.4, -0.2) is 21.3 Å². The minimum absolute atomic E-state index is 0.0231. The molecule has 0 unspecified atom stereocenters. The van der Waals surface area contributed by atoms with E-state index in [-0.39, 0.29) is 11.4 Å². The van der Waals surface area contributed by atoms with Crippen LogP contribution >= 0.6 is 11.3 Å². The molecule has 1 aliphatic rings. The normalized spacial score (nSPS) is 16.3. The van der Waals surface area contributed by atoms with Gasteiger partial charge < -0.3 is 10.1 Å². The van der Waals surface area contributed by atoms with E-state index in [1.165, 1.54) is 53.2 Å². The van der Waals surface area contributed by atoms with Crippen molar-refractivity contribution in [3.05, 3.63) is 86.8 Å². The van der Waals surface area contributed by atoms with Gasteiger partial charge in [0.1, 0.15) is 16.4 Å². The number of fused-ring (bicyclic) bond motifs is 1. The second-order valence-corrected chi connectivity index (χ2v) is 9.71. The Morgan fingerprint density at radius 3 is 2.61 bits per heavy atom. The van der Waals surface area contributed by atoms with Gasteiger partial charge in [0, 0.05) is 6.20 Å². The highest BCUT2D eigenvalue weighted by Gasteiger charge is 2.41. The topological polar surface area (TPSA) is 75.7 Å². The van der Waals surface area contributed by atoms with Crippen LogP contribution in [0, 0.1) is 12.7 Å². The maximum absolute atomic E-state index is 13.4. The smallest absolute Gasteiger partial charge is 0.270 e. The lowest BCUT2D eigenvalue weighted by Gasteiger charge is -2.29. The zero-order valence-electron chi connectivity index (χ0n) is 16.8. The Kier molecular flexibility index (Phi) is 5.55. The van der Waals surface area contributed by atoms with Crippen molar-refractivity contribution in [2.75, 3.05) is 16.7 Å². The van der Waals surface area contributed by atoms with Crippen molar-refractivity contribution in [3.8, 4) is 5.75 Å². The number of Topliss-reactive ketones (excluding diaryl/α,β-unsaturated/α-hetero) is 1. The summed E-state index contributed by atoms with van der Waals surface area (Å²) in [7, 11) is -2.64. The largest absolute Gasteiger partial charge is 0.495 e. The predicted octanol–water partition coefficient (Wildman–Crippen LogP) is 4.69. The van der Waals surface area contributed by atoms with Crippen LogP contribution in [0.5, 0.6) is 5.75 Å². The van der Waals surface area contributed by atoms with Crippen LogP contribution in [0.25, 0.3) is 0 Å². The molecule has 0 saturated heterocycles. The summed E-state index contributed by atoms with van der Waals surface area (Å²) in [4.78, 5) is 13.0. The van der Waals surface area contributed by atoms with Crippen molar-refractivity contribution in [2.45, 2.75) is 13.5 Å². The molecule has 2 aromatic carbocycles. The molecular formula is C22H19FN2O4S2. The third-order valence-electron chi connectivity index (χ3n) is 4.86. The fourth-order valence-electron chi connectivity index (χ4n) is 3.29. The number of sulfonamides is 1. The van der Waals surface area contributed by atoms with E-state index in [9.17, 15) is 17.6 Å². The van der Waals surface area contributed by atoms with Gasteiger partial charge in [-0.1, -0.05) is 18.2 Å². The highest BCUT2D eigenvalue weighted by Crippen LogP contribution is 2.39. The van der Waals surface area contributed by atoms with E-state index >= 15 is 0 Å². The molecule has 0 aliphatic carbocycles. The van der Waals surface area contributed by atoms with E-state index in [1.807, 2.05) is 13.0 Å². The molecule has 0 fully saturated rings. The molecule has 0 radical (unpaired) electrons. The Morgan fingerprint density at radius 1 is 1.16 bits per heavy atom. The molecule has 4 rings (SSSR count). The molecule has 6 nitrogen and oxygen atoms in total. The molecular weight excluding hydrogens is 439 g/mol. The summed E-state index contributed by atoms with van der Waals surface area (Å²) >= 11 is 1.18. The van der Waals surface area contributed by atoms with Gasteiger partial charge in [-0.2, -0.15) is 0 Å². The van der Waals surface area contributed by atoms with Crippen LogP contribution in [0.15, 0.2) is 65.0 Å². The number of thiophene rings is 1. The Balaban J connectivity index is 1.75. The van der Waals surface area contributed by atoms with Crippen molar-refractivity contribution in [1.82, 2.24) is 0 Å².